The molecule has 3 N–H and O–H groups in total. The first-order valence-electron chi connectivity index (χ1n) is 9.36. The first-order valence-corrected chi connectivity index (χ1v) is 9.36. The smallest absolute Gasteiger partial charge is 0.317 e. The third-order valence-electron chi connectivity index (χ3n) is 3.89. The van der Waals surface area contributed by atoms with E-state index in [9.17, 15) is 9.59 Å². The van der Waals surface area contributed by atoms with Crippen molar-refractivity contribution in [2.24, 2.45) is 0 Å². The number of carbonyl (C=O) groups excluding carboxylic acids is 1. The Kier molecular flexibility index (Phi) is 16.4. The first kappa shape index (κ1) is 21.9. The van der Waals surface area contributed by atoms with Crippen LogP contribution >= 0.6 is 0 Å². The summed E-state index contributed by atoms with van der Waals surface area (Å²) in [6.07, 6.45) is 13.5. The predicted molar refractivity (Wildman–Crippen MR) is 94.6 cm³/mol. The fourth-order valence-electron chi connectivity index (χ4n) is 2.46. The second kappa shape index (κ2) is 17.3. The Balaban J connectivity index is 3.10. The van der Waals surface area contributed by atoms with Gasteiger partial charge < -0.3 is 15.7 Å². The second-order valence-corrected chi connectivity index (χ2v) is 6.21. The van der Waals surface area contributed by atoms with Crippen LogP contribution in [-0.2, 0) is 9.59 Å². The van der Waals surface area contributed by atoms with Gasteiger partial charge in [-0.3, -0.25) is 9.59 Å². The summed E-state index contributed by atoms with van der Waals surface area (Å²) in [6.45, 7) is 3.81. The number of carbonyl (C=O) groups is 2. The predicted octanol–water partition coefficient (Wildman–Crippen LogP) is 3.48. The molecule has 0 aromatic rings. The summed E-state index contributed by atoms with van der Waals surface area (Å²) in [4.78, 5) is 21.8. The van der Waals surface area contributed by atoms with E-state index in [4.69, 9.17) is 5.11 Å². The minimum Gasteiger partial charge on any atom is -0.480 e. The van der Waals surface area contributed by atoms with Crippen LogP contribution in [-0.4, -0.2) is 36.6 Å². The number of rotatable bonds is 17. The van der Waals surface area contributed by atoms with Crippen molar-refractivity contribution in [1.82, 2.24) is 10.6 Å². The molecule has 1 amide bonds. The molecule has 0 aliphatic rings. The molecule has 0 aromatic heterocycles. The summed E-state index contributed by atoms with van der Waals surface area (Å²) < 4.78 is 0. The zero-order valence-electron chi connectivity index (χ0n) is 14.9. The van der Waals surface area contributed by atoms with Crippen molar-refractivity contribution in [2.75, 3.05) is 19.6 Å². The van der Waals surface area contributed by atoms with Crippen LogP contribution in [0.3, 0.4) is 0 Å². The summed E-state index contributed by atoms with van der Waals surface area (Å²) in [5, 5.41) is 14.3. The van der Waals surface area contributed by atoms with Gasteiger partial charge in [-0.15, -0.1) is 0 Å². The van der Waals surface area contributed by atoms with Crippen molar-refractivity contribution < 1.29 is 14.7 Å². The maximum atomic E-state index is 11.5. The number of carboxylic acids is 1. The molecule has 0 radical (unpaired) electrons. The van der Waals surface area contributed by atoms with Crippen molar-refractivity contribution in [2.45, 2.75) is 84.0 Å². The van der Waals surface area contributed by atoms with Gasteiger partial charge in [-0.1, -0.05) is 58.3 Å². The van der Waals surface area contributed by atoms with Gasteiger partial charge in [-0.2, -0.15) is 0 Å². The highest BCUT2D eigenvalue weighted by molar-refractivity contribution is 5.75. The summed E-state index contributed by atoms with van der Waals surface area (Å²) in [7, 11) is 0. The minimum absolute atomic E-state index is 0.0661. The van der Waals surface area contributed by atoms with Gasteiger partial charge in [0.15, 0.2) is 0 Å². The van der Waals surface area contributed by atoms with Gasteiger partial charge in [-0.25, -0.2) is 0 Å². The Labute approximate surface area is 141 Å². The van der Waals surface area contributed by atoms with Gasteiger partial charge >= 0.3 is 5.97 Å². The van der Waals surface area contributed by atoms with Gasteiger partial charge in [0.1, 0.15) is 0 Å². The standard InChI is InChI=1S/C18H36N2O3/c1-2-3-15-20-17(21)13-11-9-7-5-4-6-8-10-12-14-19-16-18(22)23/h19H,2-16H2,1H3,(H,20,21)(H,22,23). The largest absolute Gasteiger partial charge is 0.480 e. The molecule has 0 unspecified atom stereocenters. The number of carboxylic acid groups (broad SMARTS) is 1. The van der Waals surface area contributed by atoms with Crippen molar-refractivity contribution in [3.63, 3.8) is 0 Å². The van der Waals surface area contributed by atoms with Crippen LogP contribution in [0.4, 0.5) is 0 Å². The molecule has 0 heterocycles. The molecule has 0 rings (SSSR count). The van der Waals surface area contributed by atoms with Crippen LogP contribution < -0.4 is 10.6 Å². The molecule has 5 nitrogen and oxygen atoms in total. The van der Waals surface area contributed by atoms with Crippen molar-refractivity contribution >= 4 is 11.9 Å². The van der Waals surface area contributed by atoms with E-state index in [2.05, 4.69) is 17.6 Å². The van der Waals surface area contributed by atoms with Gasteiger partial charge in [-0.05, 0) is 25.8 Å². The molecule has 0 aliphatic heterocycles. The van der Waals surface area contributed by atoms with Crippen LogP contribution in [0.5, 0.6) is 0 Å². The molecule has 0 atom stereocenters. The average molecular weight is 328 g/mol. The van der Waals surface area contributed by atoms with Crippen molar-refractivity contribution in [3.05, 3.63) is 0 Å². The lowest BCUT2D eigenvalue weighted by Gasteiger charge is -2.05. The fourth-order valence-corrected chi connectivity index (χ4v) is 2.46. The number of unbranched alkanes of at least 4 members (excludes halogenated alkanes) is 9. The molecule has 0 aliphatic carbocycles. The monoisotopic (exact) mass is 328 g/mol. The molecular formula is C18H36N2O3. The maximum Gasteiger partial charge on any atom is 0.317 e. The molecule has 0 aromatic carbocycles. The SMILES string of the molecule is CCCCNC(=O)CCCCCCCCCCCNCC(=O)O. The lowest BCUT2D eigenvalue weighted by Crippen LogP contribution is -2.23. The topological polar surface area (TPSA) is 78.4 Å². The number of nitrogens with one attached hydrogen (secondary N) is 2. The molecule has 23 heavy (non-hydrogen) atoms. The average Bonchev–Trinajstić information content (AvgIpc) is 2.51. The second-order valence-electron chi connectivity index (χ2n) is 6.21. The molecule has 5 heteroatoms. The number of amides is 1. The maximum absolute atomic E-state index is 11.5. The summed E-state index contributed by atoms with van der Waals surface area (Å²) in [5.41, 5.74) is 0. The quantitative estimate of drug-likeness (QED) is 0.357. The third kappa shape index (κ3) is 18.9. The van der Waals surface area contributed by atoms with Crippen LogP contribution in [0.15, 0.2) is 0 Å². The molecule has 0 spiro atoms. The van der Waals surface area contributed by atoms with Gasteiger partial charge in [0.2, 0.25) is 5.91 Å². The first-order chi connectivity index (χ1) is 11.2. The van der Waals surface area contributed by atoms with Crippen LogP contribution in [0, 0.1) is 0 Å². The van der Waals surface area contributed by atoms with E-state index in [1.165, 1.54) is 38.5 Å². The van der Waals surface area contributed by atoms with Crippen LogP contribution in [0.1, 0.15) is 84.0 Å². The van der Waals surface area contributed by atoms with E-state index in [0.717, 1.165) is 45.2 Å². The zero-order chi connectivity index (χ0) is 17.2. The van der Waals surface area contributed by atoms with Gasteiger partial charge in [0, 0.05) is 13.0 Å². The number of hydrogen-bond donors (Lipinski definition) is 3. The van der Waals surface area contributed by atoms with E-state index < -0.39 is 5.97 Å². The molecule has 0 saturated carbocycles. The van der Waals surface area contributed by atoms with Crippen molar-refractivity contribution in [1.29, 1.82) is 0 Å². The number of aliphatic carboxylic acids is 1. The van der Waals surface area contributed by atoms with Gasteiger partial charge in [0.25, 0.3) is 0 Å². The third-order valence-corrected chi connectivity index (χ3v) is 3.89. The Hall–Kier alpha value is -1.10. The molecule has 0 saturated heterocycles. The highest BCUT2D eigenvalue weighted by Crippen LogP contribution is 2.10. The Bertz CT molecular complexity index is 296. The lowest BCUT2D eigenvalue weighted by atomic mass is 10.1. The summed E-state index contributed by atoms with van der Waals surface area (Å²) >= 11 is 0. The van der Waals surface area contributed by atoms with E-state index in [1.807, 2.05) is 0 Å². The normalized spacial score (nSPS) is 10.7. The molecular weight excluding hydrogens is 292 g/mol. The Morgan fingerprint density at radius 3 is 1.91 bits per heavy atom. The van der Waals surface area contributed by atoms with Crippen LogP contribution in [0.25, 0.3) is 0 Å². The highest BCUT2D eigenvalue weighted by Gasteiger charge is 2.00. The molecule has 136 valence electrons. The molecule has 0 bridgehead atoms. The number of hydrogen-bond acceptors (Lipinski definition) is 3. The zero-order valence-corrected chi connectivity index (χ0v) is 14.9. The van der Waals surface area contributed by atoms with Crippen molar-refractivity contribution in [3.8, 4) is 0 Å². The minimum atomic E-state index is -0.788. The lowest BCUT2D eigenvalue weighted by molar-refractivity contribution is -0.136. The van der Waals surface area contributed by atoms with E-state index in [1.54, 1.807) is 0 Å². The van der Waals surface area contributed by atoms with E-state index in [-0.39, 0.29) is 12.5 Å². The Morgan fingerprint density at radius 1 is 0.783 bits per heavy atom. The molecule has 0 fully saturated rings. The van der Waals surface area contributed by atoms with E-state index in [0.29, 0.717) is 6.42 Å². The Morgan fingerprint density at radius 2 is 1.35 bits per heavy atom. The van der Waals surface area contributed by atoms with Gasteiger partial charge in [0.05, 0.1) is 6.54 Å². The van der Waals surface area contributed by atoms with Crippen LogP contribution in [0.2, 0.25) is 0 Å². The summed E-state index contributed by atoms with van der Waals surface area (Å²) in [5.74, 6) is -0.585. The summed E-state index contributed by atoms with van der Waals surface area (Å²) in [6, 6.07) is 0. The van der Waals surface area contributed by atoms with E-state index >= 15 is 0 Å². The highest BCUT2D eigenvalue weighted by atomic mass is 16.4. The fraction of sp³-hybridized carbons (Fsp3) is 0.889.